The quantitative estimate of drug-likeness (QED) is 0.677. The zero-order valence-electron chi connectivity index (χ0n) is 12.3. The van der Waals surface area contributed by atoms with Crippen molar-refractivity contribution in [1.82, 2.24) is 9.55 Å². The molecular weight excluding hydrogens is 304 g/mol. The summed E-state index contributed by atoms with van der Waals surface area (Å²) in [5.41, 5.74) is 1.99. The van der Waals surface area contributed by atoms with Crippen LogP contribution in [-0.2, 0) is 0 Å². The summed E-state index contributed by atoms with van der Waals surface area (Å²) in [7, 11) is 0. The standard InChI is InChI=1S/C16H19ClN2OS/c1-3-4-9-20-16-6-5-13(17)10-14(16)15(11-21-2)19-8-7-18-12-19/h5-8,10-12H,3-4,9H2,1-2H3/b15-11+. The van der Waals surface area contributed by atoms with E-state index in [9.17, 15) is 0 Å². The lowest BCUT2D eigenvalue weighted by atomic mass is 10.1. The van der Waals surface area contributed by atoms with E-state index in [1.54, 1.807) is 24.3 Å². The molecule has 1 aromatic carbocycles. The van der Waals surface area contributed by atoms with Gasteiger partial charge < -0.3 is 9.30 Å². The number of imidazole rings is 1. The fourth-order valence-corrected chi connectivity index (χ4v) is 2.58. The van der Waals surface area contributed by atoms with Crippen LogP contribution >= 0.6 is 23.4 Å². The number of rotatable bonds is 7. The van der Waals surface area contributed by atoms with Gasteiger partial charge in [0.05, 0.1) is 18.6 Å². The molecule has 0 aliphatic heterocycles. The maximum absolute atomic E-state index is 6.17. The minimum absolute atomic E-state index is 0.694. The van der Waals surface area contributed by atoms with Crippen LogP contribution in [-0.4, -0.2) is 22.4 Å². The summed E-state index contributed by atoms with van der Waals surface area (Å²) in [6.45, 7) is 2.86. The van der Waals surface area contributed by atoms with E-state index < -0.39 is 0 Å². The maximum atomic E-state index is 6.17. The molecule has 21 heavy (non-hydrogen) atoms. The first-order valence-electron chi connectivity index (χ1n) is 6.90. The Morgan fingerprint density at radius 1 is 1.48 bits per heavy atom. The third-order valence-corrected chi connectivity index (χ3v) is 3.68. The smallest absolute Gasteiger partial charge is 0.128 e. The van der Waals surface area contributed by atoms with Crippen molar-refractivity contribution in [2.45, 2.75) is 19.8 Å². The molecule has 0 radical (unpaired) electrons. The highest BCUT2D eigenvalue weighted by molar-refractivity contribution is 8.01. The number of halogens is 1. The summed E-state index contributed by atoms with van der Waals surface area (Å²) in [5, 5.41) is 2.76. The Balaban J connectivity index is 2.39. The predicted octanol–water partition coefficient (Wildman–Crippen LogP) is 4.93. The van der Waals surface area contributed by atoms with Gasteiger partial charge in [-0.25, -0.2) is 4.98 Å². The molecule has 0 unspecified atom stereocenters. The van der Waals surface area contributed by atoms with Gasteiger partial charge in [0.15, 0.2) is 0 Å². The fourth-order valence-electron chi connectivity index (χ4n) is 1.93. The first kappa shape index (κ1) is 16.0. The van der Waals surface area contributed by atoms with E-state index in [-0.39, 0.29) is 0 Å². The van der Waals surface area contributed by atoms with Crippen molar-refractivity contribution in [2.75, 3.05) is 12.9 Å². The summed E-state index contributed by atoms with van der Waals surface area (Å²) in [5.74, 6) is 0.849. The summed E-state index contributed by atoms with van der Waals surface area (Å²) in [4.78, 5) is 4.12. The lowest BCUT2D eigenvalue weighted by molar-refractivity contribution is 0.308. The number of hydrogen-bond donors (Lipinski definition) is 0. The minimum Gasteiger partial charge on any atom is -0.493 e. The van der Waals surface area contributed by atoms with Gasteiger partial charge in [0.1, 0.15) is 5.75 Å². The van der Waals surface area contributed by atoms with Gasteiger partial charge in [-0.2, -0.15) is 0 Å². The van der Waals surface area contributed by atoms with Crippen molar-refractivity contribution >= 4 is 29.1 Å². The molecule has 0 saturated carbocycles. The molecule has 2 aromatic rings. The third kappa shape index (κ3) is 4.29. The molecule has 0 atom stereocenters. The normalized spacial score (nSPS) is 11.7. The van der Waals surface area contributed by atoms with E-state index in [2.05, 4.69) is 17.3 Å². The van der Waals surface area contributed by atoms with Gasteiger partial charge in [-0.15, -0.1) is 11.8 Å². The highest BCUT2D eigenvalue weighted by Crippen LogP contribution is 2.31. The van der Waals surface area contributed by atoms with Crippen LogP contribution in [0.1, 0.15) is 25.3 Å². The Bertz CT molecular complexity index is 596. The Hall–Kier alpha value is -1.39. The lowest BCUT2D eigenvalue weighted by Gasteiger charge is -2.15. The highest BCUT2D eigenvalue weighted by Gasteiger charge is 2.12. The number of thioether (sulfide) groups is 1. The number of ether oxygens (including phenoxy) is 1. The second-order valence-electron chi connectivity index (χ2n) is 4.55. The molecular formula is C16H19ClN2OS. The highest BCUT2D eigenvalue weighted by atomic mass is 35.5. The lowest BCUT2D eigenvalue weighted by Crippen LogP contribution is -2.03. The zero-order chi connectivity index (χ0) is 15.1. The SMILES string of the molecule is CCCCOc1ccc(Cl)cc1/C(=C\SC)n1ccnc1. The van der Waals surface area contributed by atoms with Gasteiger partial charge in [-0.1, -0.05) is 24.9 Å². The Labute approximate surface area is 135 Å². The molecule has 0 N–H and O–H groups in total. The summed E-state index contributed by atoms with van der Waals surface area (Å²) >= 11 is 7.81. The van der Waals surface area contributed by atoms with Crippen LogP contribution in [0.4, 0.5) is 0 Å². The molecule has 1 aromatic heterocycles. The molecule has 0 saturated heterocycles. The second-order valence-corrected chi connectivity index (χ2v) is 5.69. The van der Waals surface area contributed by atoms with Crippen molar-refractivity contribution in [3.63, 3.8) is 0 Å². The van der Waals surface area contributed by atoms with Crippen LogP contribution in [0.15, 0.2) is 42.3 Å². The molecule has 1 heterocycles. The van der Waals surface area contributed by atoms with Crippen LogP contribution < -0.4 is 4.74 Å². The van der Waals surface area contributed by atoms with E-state index in [0.717, 1.165) is 29.9 Å². The van der Waals surface area contributed by atoms with Gasteiger partial charge in [0.25, 0.3) is 0 Å². The summed E-state index contributed by atoms with van der Waals surface area (Å²) < 4.78 is 7.88. The van der Waals surface area contributed by atoms with E-state index in [1.807, 2.05) is 35.2 Å². The molecule has 2 rings (SSSR count). The molecule has 3 nitrogen and oxygen atoms in total. The minimum atomic E-state index is 0.694. The number of nitrogens with zero attached hydrogens (tertiary/aromatic N) is 2. The number of benzene rings is 1. The molecule has 0 amide bonds. The van der Waals surface area contributed by atoms with E-state index in [4.69, 9.17) is 16.3 Å². The molecule has 0 aliphatic rings. The monoisotopic (exact) mass is 322 g/mol. The largest absolute Gasteiger partial charge is 0.493 e. The summed E-state index contributed by atoms with van der Waals surface area (Å²) in [6.07, 6.45) is 9.62. The van der Waals surface area contributed by atoms with Crippen LogP contribution in [0.3, 0.4) is 0 Å². The molecule has 0 fully saturated rings. The Kier molecular flexibility index (Phi) is 6.21. The van der Waals surface area contributed by atoms with Crippen LogP contribution in [0.2, 0.25) is 5.02 Å². The zero-order valence-corrected chi connectivity index (χ0v) is 13.8. The predicted molar refractivity (Wildman–Crippen MR) is 91.0 cm³/mol. The Morgan fingerprint density at radius 3 is 3.00 bits per heavy atom. The van der Waals surface area contributed by atoms with Gasteiger partial charge >= 0.3 is 0 Å². The molecule has 0 spiro atoms. The van der Waals surface area contributed by atoms with Crippen LogP contribution in [0.5, 0.6) is 5.75 Å². The topological polar surface area (TPSA) is 27.1 Å². The summed E-state index contributed by atoms with van der Waals surface area (Å²) in [6, 6.07) is 5.72. The fraction of sp³-hybridized carbons (Fsp3) is 0.312. The van der Waals surface area contributed by atoms with Crippen LogP contribution in [0.25, 0.3) is 5.70 Å². The first-order valence-corrected chi connectivity index (χ1v) is 8.57. The van der Waals surface area contributed by atoms with Gasteiger partial charge in [0.2, 0.25) is 0 Å². The van der Waals surface area contributed by atoms with Crippen LogP contribution in [0, 0.1) is 0 Å². The average molecular weight is 323 g/mol. The van der Waals surface area contributed by atoms with Crippen molar-refractivity contribution < 1.29 is 4.74 Å². The molecule has 0 aliphatic carbocycles. The average Bonchev–Trinajstić information content (AvgIpc) is 3.00. The number of aromatic nitrogens is 2. The molecule has 5 heteroatoms. The molecule has 0 bridgehead atoms. The second kappa shape index (κ2) is 8.15. The van der Waals surface area contributed by atoms with Crippen molar-refractivity contribution in [1.29, 1.82) is 0 Å². The van der Waals surface area contributed by atoms with Gasteiger partial charge in [-0.3, -0.25) is 0 Å². The van der Waals surface area contributed by atoms with Gasteiger partial charge in [0, 0.05) is 23.0 Å². The molecule has 112 valence electrons. The number of unbranched alkanes of at least 4 members (excludes halogenated alkanes) is 1. The van der Waals surface area contributed by atoms with E-state index >= 15 is 0 Å². The van der Waals surface area contributed by atoms with Gasteiger partial charge in [-0.05, 0) is 36.3 Å². The van der Waals surface area contributed by atoms with Crippen molar-refractivity contribution in [2.24, 2.45) is 0 Å². The van der Waals surface area contributed by atoms with E-state index in [1.165, 1.54) is 0 Å². The van der Waals surface area contributed by atoms with E-state index in [0.29, 0.717) is 11.6 Å². The maximum Gasteiger partial charge on any atom is 0.128 e. The van der Waals surface area contributed by atoms with Crippen molar-refractivity contribution in [3.8, 4) is 5.75 Å². The number of hydrogen-bond acceptors (Lipinski definition) is 3. The Morgan fingerprint density at radius 2 is 2.33 bits per heavy atom. The van der Waals surface area contributed by atoms with Crippen molar-refractivity contribution in [3.05, 3.63) is 52.9 Å². The first-order chi connectivity index (χ1) is 10.3. The third-order valence-electron chi connectivity index (χ3n) is 2.99.